The first-order chi connectivity index (χ1) is 16.8. The average Bonchev–Trinajstić information content (AvgIpc) is 2.80. The topological polar surface area (TPSA) is 130 Å². The van der Waals surface area contributed by atoms with Gasteiger partial charge in [0.25, 0.3) is 0 Å². The third-order valence-corrected chi connectivity index (χ3v) is 6.40. The van der Waals surface area contributed by atoms with Crippen LogP contribution in [0.15, 0.2) is 12.1 Å². The highest BCUT2D eigenvalue weighted by Crippen LogP contribution is 2.25. The molecule has 35 heavy (non-hydrogen) atoms. The number of anilines is 1. The van der Waals surface area contributed by atoms with Crippen molar-refractivity contribution in [3.8, 4) is 0 Å². The largest absolute Gasteiger partial charge is 0.465 e. The number of ether oxygens (including phenoxy) is 2. The van der Waals surface area contributed by atoms with Crippen molar-refractivity contribution in [3.63, 3.8) is 0 Å². The average molecular weight is 491 g/mol. The Morgan fingerprint density at radius 3 is 2.69 bits per heavy atom. The van der Waals surface area contributed by atoms with Crippen LogP contribution >= 0.6 is 0 Å². The number of fused-ring (bicyclic) bond motifs is 1. The lowest BCUT2D eigenvalue weighted by atomic mass is 9.97. The number of hydrogen-bond donors (Lipinski definition) is 3. The Labute approximate surface area is 206 Å². The summed E-state index contributed by atoms with van der Waals surface area (Å²) in [5.41, 5.74) is 1.54. The summed E-state index contributed by atoms with van der Waals surface area (Å²) in [6.07, 6.45) is 6.76. The van der Waals surface area contributed by atoms with E-state index in [1.54, 1.807) is 13.8 Å². The predicted molar refractivity (Wildman–Crippen MR) is 130 cm³/mol. The van der Waals surface area contributed by atoms with Crippen LogP contribution in [0.3, 0.4) is 0 Å². The number of rotatable bonds is 12. The van der Waals surface area contributed by atoms with Gasteiger partial charge in [0.1, 0.15) is 17.5 Å². The molecule has 3 heterocycles. The minimum absolute atomic E-state index is 0.108. The third-order valence-electron chi connectivity index (χ3n) is 6.40. The summed E-state index contributed by atoms with van der Waals surface area (Å²) in [7, 11) is 0. The fourth-order valence-electron chi connectivity index (χ4n) is 4.54. The highest BCUT2D eigenvalue weighted by molar-refractivity contribution is 5.81. The molecule has 1 aromatic rings. The lowest BCUT2D eigenvalue weighted by Gasteiger charge is -2.45. The number of pyridine rings is 1. The quantitative estimate of drug-likeness (QED) is 0.298. The Morgan fingerprint density at radius 2 is 1.94 bits per heavy atom. The normalized spacial score (nSPS) is 16.8. The van der Waals surface area contributed by atoms with Gasteiger partial charge in [0.2, 0.25) is 0 Å². The molecular formula is C25H38N4O6. The zero-order chi connectivity index (χ0) is 25.3. The van der Waals surface area contributed by atoms with Crippen LogP contribution in [0.2, 0.25) is 0 Å². The third kappa shape index (κ3) is 8.00. The number of alkyl carbamates (subject to hydrolysis) is 1. The van der Waals surface area contributed by atoms with Crippen molar-refractivity contribution in [2.75, 3.05) is 31.6 Å². The molecule has 1 aromatic heterocycles. The second kappa shape index (κ2) is 12.6. The van der Waals surface area contributed by atoms with Gasteiger partial charge >= 0.3 is 18.2 Å². The molecular weight excluding hydrogens is 452 g/mol. The molecule has 0 radical (unpaired) electrons. The highest BCUT2D eigenvalue weighted by Gasteiger charge is 2.45. The van der Waals surface area contributed by atoms with E-state index in [4.69, 9.17) is 19.6 Å². The Hall–Kier alpha value is -3.04. The van der Waals surface area contributed by atoms with Crippen molar-refractivity contribution < 1.29 is 29.0 Å². The minimum Gasteiger partial charge on any atom is -0.465 e. The molecule has 3 N–H and O–H groups in total. The lowest BCUT2D eigenvalue weighted by Crippen LogP contribution is -2.64. The van der Waals surface area contributed by atoms with E-state index in [9.17, 15) is 14.4 Å². The van der Waals surface area contributed by atoms with E-state index in [0.717, 1.165) is 74.3 Å². The second-order valence-electron chi connectivity index (χ2n) is 9.57. The molecule has 2 aliphatic heterocycles. The van der Waals surface area contributed by atoms with E-state index in [1.165, 1.54) is 5.56 Å². The molecule has 1 atom stereocenters. The van der Waals surface area contributed by atoms with Gasteiger partial charge in [0, 0.05) is 12.2 Å². The smallest absolute Gasteiger partial charge is 0.408 e. The van der Waals surface area contributed by atoms with Crippen LogP contribution in [0.5, 0.6) is 0 Å². The SMILES string of the molecule is CCOC(=O)[C@H](CCCCCCCc1ccc2c(n1)NCCC2)NC(=O)OC1(C)CN(C(=O)O)C1. The Bertz CT molecular complexity index is 887. The van der Waals surface area contributed by atoms with Crippen molar-refractivity contribution in [1.29, 1.82) is 0 Å². The summed E-state index contributed by atoms with van der Waals surface area (Å²) in [4.78, 5) is 41.5. The van der Waals surface area contributed by atoms with E-state index >= 15 is 0 Å². The number of nitrogens with zero attached hydrogens (tertiary/aromatic N) is 2. The number of carbonyl (C=O) groups excluding carboxylic acids is 2. The van der Waals surface area contributed by atoms with Crippen LogP contribution in [0.25, 0.3) is 0 Å². The van der Waals surface area contributed by atoms with E-state index in [2.05, 4.69) is 22.8 Å². The summed E-state index contributed by atoms with van der Waals surface area (Å²) in [6.45, 7) is 4.82. The standard InChI is InChI=1S/C25H38N4O6/c1-3-34-22(30)20(28-23(31)35-25(2)16-29(17-25)24(32)33)12-8-6-4-5-7-11-19-14-13-18-10-9-15-26-21(18)27-19/h13-14,20H,3-12,15-17H2,1-2H3,(H,26,27)(H,28,31)(H,32,33)/t20-/m0/s1. The van der Waals surface area contributed by atoms with Gasteiger partial charge in [0.05, 0.1) is 19.7 Å². The van der Waals surface area contributed by atoms with Crippen molar-refractivity contribution in [2.24, 2.45) is 0 Å². The number of carbonyl (C=O) groups is 3. The molecule has 1 saturated heterocycles. The monoisotopic (exact) mass is 490 g/mol. The number of aromatic nitrogens is 1. The van der Waals surface area contributed by atoms with Crippen LogP contribution in [0.4, 0.5) is 15.4 Å². The number of likely N-dealkylation sites (tertiary alicyclic amines) is 1. The van der Waals surface area contributed by atoms with Gasteiger partial charge in [-0.15, -0.1) is 0 Å². The van der Waals surface area contributed by atoms with Crippen LogP contribution in [-0.2, 0) is 27.1 Å². The number of unbranched alkanes of at least 4 members (excludes halogenated alkanes) is 4. The fourth-order valence-corrected chi connectivity index (χ4v) is 4.54. The number of aryl methyl sites for hydroxylation is 2. The first-order valence-corrected chi connectivity index (χ1v) is 12.7. The summed E-state index contributed by atoms with van der Waals surface area (Å²) in [5, 5.41) is 14.9. The van der Waals surface area contributed by atoms with Gasteiger partial charge in [-0.1, -0.05) is 31.7 Å². The number of nitrogens with one attached hydrogen (secondary N) is 2. The van der Waals surface area contributed by atoms with Gasteiger partial charge in [-0.3, -0.25) is 0 Å². The lowest BCUT2D eigenvalue weighted by molar-refractivity contribution is -0.146. The van der Waals surface area contributed by atoms with Crippen molar-refractivity contribution in [3.05, 3.63) is 23.4 Å². The zero-order valence-corrected chi connectivity index (χ0v) is 20.8. The van der Waals surface area contributed by atoms with Crippen LogP contribution in [0.1, 0.15) is 70.1 Å². The summed E-state index contributed by atoms with van der Waals surface area (Å²) in [6, 6.07) is 3.53. The number of esters is 1. The van der Waals surface area contributed by atoms with Crippen LogP contribution < -0.4 is 10.6 Å². The van der Waals surface area contributed by atoms with Crippen LogP contribution in [0, 0.1) is 0 Å². The maximum absolute atomic E-state index is 12.3. The number of hydrogen-bond acceptors (Lipinski definition) is 7. The van der Waals surface area contributed by atoms with Gasteiger partial charge in [-0.05, 0) is 57.6 Å². The maximum atomic E-state index is 12.3. The zero-order valence-electron chi connectivity index (χ0n) is 20.8. The van der Waals surface area contributed by atoms with Crippen LogP contribution in [-0.4, -0.2) is 71.0 Å². The molecule has 2 aliphatic rings. The predicted octanol–water partition coefficient (Wildman–Crippen LogP) is 3.73. The van der Waals surface area contributed by atoms with Gasteiger partial charge in [0.15, 0.2) is 0 Å². The number of amides is 2. The Kier molecular flexibility index (Phi) is 9.56. The first-order valence-electron chi connectivity index (χ1n) is 12.7. The first kappa shape index (κ1) is 26.6. The Balaban J connectivity index is 1.34. The second-order valence-corrected chi connectivity index (χ2v) is 9.57. The molecule has 2 amide bonds. The van der Waals surface area contributed by atoms with E-state index < -0.39 is 29.8 Å². The minimum atomic E-state index is -1.05. The van der Waals surface area contributed by atoms with Gasteiger partial charge in [-0.2, -0.15) is 0 Å². The molecule has 1 fully saturated rings. The molecule has 0 aliphatic carbocycles. The summed E-state index contributed by atoms with van der Waals surface area (Å²) < 4.78 is 10.5. The molecule has 0 spiro atoms. The molecule has 0 unspecified atom stereocenters. The molecule has 0 saturated carbocycles. The Morgan fingerprint density at radius 1 is 1.20 bits per heavy atom. The van der Waals surface area contributed by atoms with Gasteiger partial charge < -0.3 is 30.1 Å². The summed E-state index contributed by atoms with van der Waals surface area (Å²) >= 11 is 0. The molecule has 10 heteroatoms. The maximum Gasteiger partial charge on any atom is 0.408 e. The molecule has 194 valence electrons. The summed E-state index contributed by atoms with van der Waals surface area (Å²) in [5.74, 6) is 0.553. The van der Waals surface area contributed by atoms with E-state index in [1.807, 2.05) is 0 Å². The molecule has 3 rings (SSSR count). The van der Waals surface area contributed by atoms with Crippen molar-refractivity contribution in [1.82, 2.24) is 15.2 Å². The fraction of sp³-hybridized carbons (Fsp3) is 0.680. The van der Waals surface area contributed by atoms with E-state index in [0.29, 0.717) is 6.42 Å². The number of carboxylic acid groups (broad SMARTS) is 1. The molecule has 0 aromatic carbocycles. The molecule has 0 bridgehead atoms. The van der Waals surface area contributed by atoms with Gasteiger partial charge in [-0.25, -0.2) is 19.4 Å². The van der Waals surface area contributed by atoms with E-state index in [-0.39, 0.29) is 19.7 Å². The molecule has 10 nitrogen and oxygen atoms in total. The van der Waals surface area contributed by atoms with Crippen molar-refractivity contribution >= 4 is 24.0 Å². The highest BCUT2D eigenvalue weighted by atomic mass is 16.6. The van der Waals surface area contributed by atoms with Crippen molar-refractivity contribution in [2.45, 2.75) is 83.3 Å².